The maximum atomic E-state index is 6.49. The van der Waals surface area contributed by atoms with E-state index in [0.29, 0.717) is 53.9 Å². The summed E-state index contributed by atoms with van der Waals surface area (Å²) in [4.78, 5) is 0. The topological polar surface area (TPSA) is 64.1 Å². The van der Waals surface area contributed by atoms with E-state index in [9.17, 15) is 0 Å². The van der Waals surface area contributed by atoms with Crippen molar-refractivity contribution in [1.29, 1.82) is 0 Å². The summed E-state index contributed by atoms with van der Waals surface area (Å²) in [6.07, 6.45) is 9.93. The van der Waals surface area contributed by atoms with E-state index in [2.05, 4.69) is 34.6 Å². The van der Waals surface area contributed by atoms with Crippen LogP contribution in [0.5, 0.6) is 17.2 Å². The molecular formula is C27H34ClN3O3S. The SMILES string of the molecule is C=CCNC(=S)N/N=C\c1cc(Cl)c(OCCOc2ccc(C3CCCCC3)cc2)c(OCC)c1. The Labute approximate surface area is 218 Å². The predicted octanol–water partition coefficient (Wildman–Crippen LogP) is 6.23. The van der Waals surface area contributed by atoms with Gasteiger partial charge in [0, 0.05) is 6.54 Å². The Bertz CT molecular complexity index is 992. The van der Waals surface area contributed by atoms with Crippen molar-refractivity contribution in [2.24, 2.45) is 5.10 Å². The normalized spacial score (nSPS) is 13.9. The van der Waals surface area contributed by atoms with Gasteiger partial charge in [0.15, 0.2) is 16.6 Å². The predicted molar refractivity (Wildman–Crippen MR) is 147 cm³/mol. The Kier molecular flexibility index (Phi) is 11.2. The van der Waals surface area contributed by atoms with Gasteiger partial charge in [0.1, 0.15) is 19.0 Å². The number of halogens is 1. The van der Waals surface area contributed by atoms with Crippen molar-refractivity contribution in [3.63, 3.8) is 0 Å². The molecule has 1 aliphatic rings. The number of hydrazone groups is 1. The first kappa shape index (κ1) is 26.8. The summed E-state index contributed by atoms with van der Waals surface area (Å²) >= 11 is 11.6. The molecule has 0 aromatic heterocycles. The summed E-state index contributed by atoms with van der Waals surface area (Å²) in [7, 11) is 0. The van der Waals surface area contributed by atoms with Gasteiger partial charge < -0.3 is 19.5 Å². The van der Waals surface area contributed by atoms with Crippen LogP contribution in [0.15, 0.2) is 54.2 Å². The van der Waals surface area contributed by atoms with E-state index in [-0.39, 0.29) is 0 Å². The van der Waals surface area contributed by atoms with Crippen LogP contribution in [0.3, 0.4) is 0 Å². The van der Waals surface area contributed by atoms with Crippen LogP contribution < -0.4 is 25.0 Å². The summed E-state index contributed by atoms with van der Waals surface area (Å²) < 4.78 is 17.5. The third-order valence-corrected chi connectivity index (χ3v) is 6.19. The lowest BCUT2D eigenvalue weighted by atomic mass is 9.84. The largest absolute Gasteiger partial charge is 0.490 e. The zero-order valence-corrected chi connectivity index (χ0v) is 21.8. The Morgan fingerprint density at radius 2 is 1.86 bits per heavy atom. The quantitative estimate of drug-likeness (QED) is 0.115. The van der Waals surface area contributed by atoms with Crippen LogP contribution in [0.25, 0.3) is 0 Å². The minimum atomic E-state index is 0.336. The van der Waals surface area contributed by atoms with Crippen molar-refractivity contribution in [3.05, 3.63) is 65.2 Å². The summed E-state index contributed by atoms with van der Waals surface area (Å²) in [5, 5.41) is 7.89. The summed E-state index contributed by atoms with van der Waals surface area (Å²) in [5.74, 6) is 2.56. The van der Waals surface area contributed by atoms with Gasteiger partial charge in [0.05, 0.1) is 17.8 Å². The van der Waals surface area contributed by atoms with Crippen molar-refractivity contribution in [1.82, 2.24) is 10.7 Å². The molecule has 2 aromatic rings. The lowest BCUT2D eigenvalue weighted by Gasteiger charge is -2.22. The molecule has 8 heteroatoms. The fraction of sp³-hybridized carbons (Fsp3) is 0.407. The standard InChI is InChI=1S/C27H34ClN3O3S/c1-3-14-29-27(35)31-30-19-20-17-24(28)26(25(18-20)32-4-2)34-16-15-33-23-12-10-22(11-13-23)21-8-6-5-7-9-21/h3,10-13,17-19,21H,1,4-9,14-16H2,2H3,(H2,29,31,35)/b30-19-. The molecule has 188 valence electrons. The molecule has 35 heavy (non-hydrogen) atoms. The Morgan fingerprint density at radius 3 is 2.57 bits per heavy atom. The van der Waals surface area contributed by atoms with Crippen LogP contribution in [0.4, 0.5) is 0 Å². The maximum absolute atomic E-state index is 6.49. The highest BCUT2D eigenvalue weighted by molar-refractivity contribution is 7.80. The maximum Gasteiger partial charge on any atom is 0.187 e. The summed E-state index contributed by atoms with van der Waals surface area (Å²) in [5.41, 5.74) is 4.90. The fourth-order valence-corrected chi connectivity index (χ4v) is 4.42. The van der Waals surface area contributed by atoms with Crippen molar-refractivity contribution in [3.8, 4) is 17.2 Å². The molecule has 0 heterocycles. The lowest BCUT2D eigenvalue weighted by Crippen LogP contribution is -2.31. The van der Waals surface area contributed by atoms with Crippen LogP contribution in [0.2, 0.25) is 5.02 Å². The zero-order chi connectivity index (χ0) is 24.9. The van der Waals surface area contributed by atoms with Crippen LogP contribution in [0, 0.1) is 0 Å². The average Bonchev–Trinajstić information content (AvgIpc) is 2.87. The molecule has 0 bridgehead atoms. The van der Waals surface area contributed by atoms with Crippen LogP contribution in [-0.4, -0.2) is 37.7 Å². The van der Waals surface area contributed by atoms with Crippen molar-refractivity contribution >= 4 is 35.1 Å². The molecule has 0 unspecified atom stereocenters. The van der Waals surface area contributed by atoms with Crippen LogP contribution in [0.1, 0.15) is 56.1 Å². The number of rotatable bonds is 12. The molecule has 2 aromatic carbocycles. The highest BCUT2D eigenvalue weighted by Gasteiger charge is 2.15. The number of thiocarbonyl (C=S) groups is 1. The number of nitrogens with one attached hydrogen (secondary N) is 2. The Morgan fingerprint density at radius 1 is 1.11 bits per heavy atom. The highest BCUT2D eigenvalue weighted by atomic mass is 35.5. The number of ether oxygens (including phenoxy) is 3. The Balaban J connectivity index is 1.52. The lowest BCUT2D eigenvalue weighted by molar-refractivity contribution is 0.208. The van der Waals surface area contributed by atoms with Crippen molar-refractivity contribution in [2.45, 2.75) is 44.9 Å². The number of benzene rings is 2. The monoisotopic (exact) mass is 515 g/mol. The van der Waals surface area contributed by atoms with Gasteiger partial charge in [-0.15, -0.1) is 6.58 Å². The molecular weight excluding hydrogens is 482 g/mol. The molecule has 1 saturated carbocycles. The fourth-order valence-electron chi connectivity index (χ4n) is 4.01. The Hall–Kier alpha value is -2.77. The van der Waals surface area contributed by atoms with Crippen molar-refractivity contribution in [2.75, 3.05) is 26.4 Å². The van der Waals surface area contributed by atoms with E-state index in [4.69, 9.17) is 38.0 Å². The van der Waals surface area contributed by atoms with Gasteiger partial charge in [-0.2, -0.15) is 5.10 Å². The highest BCUT2D eigenvalue weighted by Crippen LogP contribution is 2.36. The van der Waals surface area contributed by atoms with Gasteiger partial charge >= 0.3 is 0 Å². The molecule has 0 amide bonds. The first-order chi connectivity index (χ1) is 17.1. The summed E-state index contributed by atoms with van der Waals surface area (Å²) in [6.45, 7) is 7.30. The van der Waals surface area contributed by atoms with Gasteiger partial charge in [0.2, 0.25) is 0 Å². The summed E-state index contributed by atoms with van der Waals surface area (Å²) in [6, 6.07) is 12.0. The van der Waals surface area contributed by atoms with Crippen molar-refractivity contribution < 1.29 is 14.2 Å². The van der Waals surface area contributed by atoms with Crippen LogP contribution >= 0.6 is 23.8 Å². The minimum absolute atomic E-state index is 0.336. The zero-order valence-electron chi connectivity index (χ0n) is 20.2. The number of hydrogen-bond donors (Lipinski definition) is 2. The van der Waals surface area contributed by atoms with E-state index < -0.39 is 0 Å². The molecule has 2 N–H and O–H groups in total. The van der Waals surface area contributed by atoms with Crippen LogP contribution in [-0.2, 0) is 0 Å². The molecule has 0 spiro atoms. The van der Waals surface area contributed by atoms with Gasteiger partial charge in [-0.05, 0) is 73.3 Å². The van der Waals surface area contributed by atoms with E-state index in [1.807, 2.05) is 25.1 Å². The van der Waals surface area contributed by atoms with Gasteiger partial charge in [-0.3, -0.25) is 5.43 Å². The molecule has 0 saturated heterocycles. The van der Waals surface area contributed by atoms with Gasteiger partial charge in [-0.25, -0.2) is 0 Å². The second kappa shape index (κ2) is 14.6. The van der Waals surface area contributed by atoms with E-state index >= 15 is 0 Å². The first-order valence-electron chi connectivity index (χ1n) is 12.1. The minimum Gasteiger partial charge on any atom is -0.490 e. The molecule has 1 fully saturated rings. The molecule has 0 aliphatic heterocycles. The number of hydrogen-bond acceptors (Lipinski definition) is 5. The second-order valence-corrected chi connectivity index (χ2v) is 9.05. The number of nitrogens with zero attached hydrogens (tertiary/aromatic N) is 1. The molecule has 0 atom stereocenters. The van der Waals surface area contributed by atoms with E-state index in [0.717, 1.165) is 11.3 Å². The van der Waals surface area contributed by atoms with Gasteiger partial charge in [0.25, 0.3) is 0 Å². The van der Waals surface area contributed by atoms with E-state index in [1.165, 1.54) is 37.7 Å². The second-order valence-electron chi connectivity index (χ2n) is 8.23. The smallest absolute Gasteiger partial charge is 0.187 e. The first-order valence-corrected chi connectivity index (χ1v) is 12.9. The van der Waals surface area contributed by atoms with E-state index in [1.54, 1.807) is 18.4 Å². The molecule has 3 rings (SSSR count). The molecule has 1 aliphatic carbocycles. The third kappa shape index (κ3) is 8.75. The van der Waals surface area contributed by atoms with Gasteiger partial charge in [-0.1, -0.05) is 49.1 Å². The molecule has 0 radical (unpaired) electrons. The molecule has 6 nitrogen and oxygen atoms in total. The average molecular weight is 516 g/mol. The third-order valence-electron chi connectivity index (χ3n) is 5.67.